The van der Waals surface area contributed by atoms with Crippen LogP contribution < -0.4 is 0 Å². The predicted molar refractivity (Wildman–Crippen MR) is 89.1 cm³/mol. The molecule has 0 saturated carbocycles. The number of benzene rings is 1. The average molecular weight is 301 g/mol. The quantitative estimate of drug-likeness (QED) is 0.468. The Labute approximate surface area is 131 Å². The second kappa shape index (κ2) is 7.22. The van der Waals surface area contributed by atoms with Crippen molar-refractivity contribution in [3.05, 3.63) is 36.0 Å². The molecular formula is C17H23N3O2. The Kier molecular flexibility index (Phi) is 5.33. The van der Waals surface area contributed by atoms with Crippen molar-refractivity contribution in [2.45, 2.75) is 26.8 Å². The highest BCUT2D eigenvalue weighted by Gasteiger charge is 2.09. The molecule has 5 nitrogen and oxygen atoms in total. The number of hydrogen-bond acceptors (Lipinski definition) is 4. The van der Waals surface area contributed by atoms with Crippen LogP contribution >= 0.6 is 0 Å². The Bertz CT molecular complexity index is 686. The van der Waals surface area contributed by atoms with Crippen molar-refractivity contribution >= 4 is 22.6 Å². The maximum Gasteiger partial charge on any atom is 0.331 e. The van der Waals surface area contributed by atoms with Crippen LogP contribution in [0.4, 0.5) is 0 Å². The van der Waals surface area contributed by atoms with Gasteiger partial charge in [0.2, 0.25) is 0 Å². The van der Waals surface area contributed by atoms with Crippen molar-refractivity contribution in [2.24, 2.45) is 5.16 Å². The Morgan fingerprint density at radius 1 is 1.27 bits per heavy atom. The normalized spacial score (nSPS) is 12.1. The minimum absolute atomic E-state index is 0.396. The highest BCUT2D eigenvalue weighted by molar-refractivity contribution is 5.91. The van der Waals surface area contributed by atoms with Crippen molar-refractivity contribution in [3.63, 3.8) is 0 Å². The molecule has 0 bridgehead atoms. The van der Waals surface area contributed by atoms with Gasteiger partial charge in [0.1, 0.15) is 0 Å². The highest BCUT2D eigenvalue weighted by atomic mass is 16.7. The van der Waals surface area contributed by atoms with E-state index in [9.17, 15) is 4.79 Å². The fourth-order valence-corrected chi connectivity index (χ4v) is 2.41. The van der Waals surface area contributed by atoms with E-state index in [0.29, 0.717) is 6.42 Å². The highest BCUT2D eigenvalue weighted by Crippen LogP contribution is 2.22. The number of hydrogen-bond donors (Lipinski definition) is 0. The van der Waals surface area contributed by atoms with Crippen LogP contribution in [0.25, 0.3) is 10.9 Å². The number of carbonyl (C=O) groups is 1. The number of oxime groups is 1. The molecule has 0 radical (unpaired) electrons. The van der Waals surface area contributed by atoms with Gasteiger partial charge in [0.25, 0.3) is 0 Å². The lowest BCUT2D eigenvalue weighted by atomic mass is 10.1. The number of carbonyl (C=O) groups excluding carboxylic acids is 1. The molecule has 22 heavy (non-hydrogen) atoms. The van der Waals surface area contributed by atoms with Crippen molar-refractivity contribution in [1.29, 1.82) is 0 Å². The standard InChI is InChI=1S/C17H23N3O2/c1-13(18-22-14(2)21)11-15-12-20(10-9-19(3)4)17-8-6-5-7-16(15)17/h5-8,12H,9-11H2,1-4H3/b18-13-. The van der Waals surface area contributed by atoms with E-state index in [0.717, 1.165) is 18.8 Å². The molecule has 0 unspecified atom stereocenters. The maximum atomic E-state index is 10.8. The van der Waals surface area contributed by atoms with E-state index in [1.165, 1.54) is 23.4 Å². The van der Waals surface area contributed by atoms with E-state index in [-0.39, 0.29) is 0 Å². The first kappa shape index (κ1) is 16.2. The zero-order valence-electron chi connectivity index (χ0n) is 13.7. The number of nitrogens with zero attached hydrogens (tertiary/aromatic N) is 3. The summed E-state index contributed by atoms with van der Waals surface area (Å²) in [6, 6.07) is 8.35. The van der Waals surface area contributed by atoms with Gasteiger partial charge in [-0.2, -0.15) is 0 Å². The Morgan fingerprint density at radius 3 is 2.68 bits per heavy atom. The zero-order valence-corrected chi connectivity index (χ0v) is 13.7. The third-order valence-corrected chi connectivity index (χ3v) is 3.44. The molecule has 1 aromatic heterocycles. The molecule has 118 valence electrons. The minimum atomic E-state index is -0.396. The Balaban J connectivity index is 2.26. The van der Waals surface area contributed by atoms with Gasteiger partial charge in [0.05, 0.1) is 5.71 Å². The lowest BCUT2D eigenvalue weighted by molar-refractivity contribution is -0.140. The fraction of sp³-hybridized carbons (Fsp3) is 0.412. The Morgan fingerprint density at radius 2 is 2.00 bits per heavy atom. The molecule has 0 aliphatic carbocycles. The summed E-state index contributed by atoms with van der Waals surface area (Å²) >= 11 is 0. The molecule has 0 aliphatic heterocycles. The first-order chi connectivity index (χ1) is 10.5. The van der Waals surface area contributed by atoms with Crippen LogP contribution in [0.5, 0.6) is 0 Å². The minimum Gasteiger partial charge on any atom is -0.346 e. The van der Waals surface area contributed by atoms with Gasteiger partial charge < -0.3 is 14.3 Å². The van der Waals surface area contributed by atoms with Crippen molar-refractivity contribution in [3.8, 4) is 0 Å². The monoisotopic (exact) mass is 301 g/mol. The summed E-state index contributed by atoms with van der Waals surface area (Å²) in [4.78, 5) is 17.7. The molecule has 2 rings (SSSR count). The first-order valence-corrected chi connectivity index (χ1v) is 7.40. The molecule has 5 heteroatoms. The van der Waals surface area contributed by atoms with Gasteiger partial charge in [-0.3, -0.25) is 0 Å². The number of para-hydroxylation sites is 1. The third kappa shape index (κ3) is 4.18. The van der Waals surface area contributed by atoms with E-state index in [1.54, 1.807) is 0 Å². The average Bonchev–Trinajstić information content (AvgIpc) is 2.81. The van der Waals surface area contributed by atoms with E-state index in [1.807, 2.05) is 13.0 Å². The van der Waals surface area contributed by atoms with Gasteiger partial charge in [-0.25, -0.2) is 4.79 Å². The number of aromatic nitrogens is 1. The van der Waals surface area contributed by atoms with Gasteiger partial charge in [0.15, 0.2) is 0 Å². The summed E-state index contributed by atoms with van der Waals surface area (Å²) in [5, 5.41) is 5.08. The Hall–Kier alpha value is -2.14. The van der Waals surface area contributed by atoms with Crippen LogP contribution in [0.2, 0.25) is 0 Å². The number of rotatable bonds is 6. The molecule has 0 aliphatic rings. The molecule has 2 aromatic rings. The van der Waals surface area contributed by atoms with Crippen LogP contribution in [0.1, 0.15) is 19.4 Å². The number of likely N-dealkylation sites (N-methyl/N-ethyl adjacent to an activating group) is 1. The van der Waals surface area contributed by atoms with Gasteiger partial charge in [-0.05, 0) is 32.6 Å². The molecule has 0 spiro atoms. The van der Waals surface area contributed by atoms with E-state index < -0.39 is 5.97 Å². The SMILES string of the molecule is CC(=O)O/N=C(/C)Cc1cn(CCN(C)C)c2ccccc12. The molecular weight excluding hydrogens is 278 g/mol. The third-order valence-electron chi connectivity index (χ3n) is 3.44. The maximum absolute atomic E-state index is 10.8. The lowest BCUT2D eigenvalue weighted by Gasteiger charge is -2.10. The van der Waals surface area contributed by atoms with Crippen molar-refractivity contribution < 1.29 is 9.63 Å². The second-order valence-electron chi connectivity index (χ2n) is 5.75. The first-order valence-electron chi connectivity index (χ1n) is 7.40. The zero-order chi connectivity index (χ0) is 16.1. The van der Waals surface area contributed by atoms with Crippen LogP contribution in [-0.4, -0.2) is 41.8 Å². The van der Waals surface area contributed by atoms with Gasteiger partial charge >= 0.3 is 5.97 Å². The lowest BCUT2D eigenvalue weighted by Crippen LogP contribution is -2.17. The van der Waals surface area contributed by atoms with E-state index in [2.05, 4.69) is 53.1 Å². The van der Waals surface area contributed by atoms with Crippen LogP contribution in [0, 0.1) is 0 Å². The molecule has 1 aromatic carbocycles. The fourth-order valence-electron chi connectivity index (χ4n) is 2.41. The summed E-state index contributed by atoms with van der Waals surface area (Å²) < 4.78 is 2.27. The van der Waals surface area contributed by atoms with Crippen LogP contribution in [-0.2, 0) is 22.6 Å². The summed E-state index contributed by atoms with van der Waals surface area (Å²) in [5.41, 5.74) is 3.20. The van der Waals surface area contributed by atoms with Gasteiger partial charge in [-0.15, -0.1) is 0 Å². The van der Waals surface area contributed by atoms with Gasteiger partial charge in [0, 0.05) is 43.5 Å². The van der Waals surface area contributed by atoms with Crippen molar-refractivity contribution in [2.75, 3.05) is 20.6 Å². The molecule has 1 heterocycles. The second-order valence-corrected chi connectivity index (χ2v) is 5.75. The topological polar surface area (TPSA) is 46.8 Å². The number of fused-ring (bicyclic) bond motifs is 1. The molecule has 0 atom stereocenters. The van der Waals surface area contributed by atoms with Gasteiger partial charge in [-0.1, -0.05) is 23.4 Å². The van der Waals surface area contributed by atoms with E-state index in [4.69, 9.17) is 4.84 Å². The van der Waals surface area contributed by atoms with Crippen LogP contribution in [0.15, 0.2) is 35.6 Å². The summed E-state index contributed by atoms with van der Waals surface area (Å²) in [5.74, 6) is -0.396. The van der Waals surface area contributed by atoms with E-state index >= 15 is 0 Å². The largest absolute Gasteiger partial charge is 0.346 e. The van der Waals surface area contributed by atoms with Crippen molar-refractivity contribution in [1.82, 2.24) is 9.47 Å². The summed E-state index contributed by atoms with van der Waals surface area (Å²) in [6.45, 7) is 5.14. The molecule has 0 N–H and O–H groups in total. The molecule has 0 amide bonds. The predicted octanol–water partition coefficient (Wildman–Crippen LogP) is 2.68. The summed E-state index contributed by atoms with van der Waals surface area (Å²) in [7, 11) is 4.14. The molecule has 0 saturated heterocycles. The summed E-state index contributed by atoms with van der Waals surface area (Å²) in [6.07, 6.45) is 2.84. The molecule has 0 fully saturated rings. The van der Waals surface area contributed by atoms with Crippen LogP contribution in [0.3, 0.4) is 0 Å². The smallest absolute Gasteiger partial charge is 0.331 e.